The van der Waals surface area contributed by atoms with E-state index in [-0.39, 0.29) is 38.1 Å². The Morgan fingerprint density at radius 3 is 2.62 bits per heavy atom. The molecule has 7 atom stereocenters. The Morgan fingerprint density at radius 1 is 1.21 bits per heavy atom. The van der Waals surface area contributed by atoms with Gasteiger partial charge in [0.25, 0.3) is 11.5 Å². The second kappa shape index (κ2) is 15.0. The maximum Gasteiger partial charge on any atom is 0.274 e. The molecule has 7 unspecified atom stereocenters. The number of thioether (sulfide) groups is 1. The number of nitrogens with zero attached hydrogens (tertiary/aromatic N) is 3. The van der Waals surface area contributed by atoms with Crippen molar-refractivity contribution in [2.24, 2.45) is 24.1 Å². The van der Waals surface area contributed by atoms with Gasteiger partial charge in [-0.15, -0.1) is 11.8 Å². The Kier molecular flexibility index (Phi) is 11.4. The van der Waals surface area contributed by atoms with Crippen LogP contribution >= 0.6 is 20.5 Å². The predicted molar refractivity (Wildman–Crippen MR) is 192 cm³/mol. The first kappa shape index (κ1) is 36.5. The average molecular weight is 703 g/mol. The summed E-state index contributed by atoms with van der Waals surface area (Å²) >= 11 is 1.51. The van der Waals surface area contributed by atoms with Gasteiger partial charge in [-0.25, -0.2) is 8.78 Å². The van der Waals surface area contributed by atoms with E-state index in [1.165, 1.54) is 22.4 Å². The van der Waals surface area contributed by atoms with Crippen LogP contribution < -0.4 is 21.7 Å². The Hall–Kier alpha value is -2.79. The molecule has 1 aromatic heterocycles. The molecule has 1 saturated carbocycles. The number of anilines is 1. The highest BCUT2D eigenvalue weighted by Crippen LogP contribution is 2.45. The molecule has 1 saturated heterocycles. The number of amides is 2. The number of pyridine rings is 1. The summed E-state index contributed by atoms with van der Waals surface area (Å²) in [7, 11) is 5.34. The van der Waals surface area contributed by atoms with E-state index in [9.17, 15) is 14.4 Å². The van der Waals surface area contributed by atoms with Crippen molar-refractivity contribution in [2.45, 2.75) is 76.3 Å². The first-order valence-electron chi connectivity index (χ1n) is 16.8. The molecule has 0 spiro atoms. The van der Waals surface area contributed by atoms with Gasteiger partial charge in [-0.05, 0) is 71.4 Å². The molecule has 0 aromatic carbocycles. The molecule has 48 heavy (non-hydrogen) atoms. The van der Waals surface area contributed by atoms with Crippen LogP contribution in [0.25, 0.3) is 0 Å². The number of piperazine rings is 1. The standard InChI is InChI=1S/C35H49F2N6O3PS/c1-7-25-22(28-20(2)16-23(36)30(29(28)37)39-32(44)27-17-21-10-8-9-11-26(21)48-27)18-24(33(45)43(25)6)40-47-15-12-35(3,19-38)31-34(46)42(5)14-13-41(31)4/h12,15-18,21,26,28-29,31,40,47H,7-11,13-14,19,38H2,1-6H3,(H,39,44)/b15-12-. The number of likely N-dealkylation sites (N-methyl/N-ethyl adjacent to an activating group) is 2. The molecule has 262 valence electrons. The number of carbonyl (C=O) groups excluding carboxylic acids is 2. The van der Waals surface area contributed by atoms with Crippen molar-refractivity contribution in [3.05, 3.63) is 73.7 Å². The van der Waals surface area contributed by atoms with E-state index < -0.39 is 35.3 Å². The molecule has 5 rings (SSSR count). The molecule has 0 bridgehead atoms. The highest BCUT2D eigenvalue weighted by atomic mass is 32.2. The molecule has 4 aliphatic rings. The monoisotopic (exact) mass is 702 g/mol. The molecule has 1 aromatic rings. The molecule has 4 N–H and O–H groups in total. The van der Waals surface area contributed by atoms with Gasteiger partial charge in [-0.2, -0.15) is 0 Å². The lowest BCUT2D eigenvalue weighted by Crippen LogP contribution is -2.61. The normalized spacial score (nSPS) is 28.1. The zero-order valence-electron chi connectivity index (χ0n) is 28.7. The van der Waals surface area contributed by atoms with Gasteiger partial charge in [0, 0.05) is 56.0 Å². The highest BCUT2D eigenvalue weighted by molar-refractivity contribution is 8.04. The van der Waals surface area contributed by atoms with Crippen molar-refractivity contribution >= 4 is 38.0 Å². The number of alkyl halides is 1. The summed E-state index contributed by atoms with van der Waals surface area (Å²) in [5.41, 5.74) is 6.85. The number of rotatable bonds is 10. The second-order valence-electron chi connectivity index (χ2n) is 13.8. The largest absolute Gasteiger partial charge is 0.359 e. The minimum atomic E-state index is -1.86. The number of halogens is 2. The van der Waals surface area contributed by atoms with Gasteiger partial charge in [0.15, 0.2) is 6.17 Å². The van der Waals surface area contributed by atoms with Crippen molar-refractivity contribution in [1.29, 1.82) is 0 Å². The highest BCUT2D eigenvalue weighted by Gasteiger charge is 2.43. The molecule has 2 fully saturated rings. The number of hydrogen-bond donors (Lipinski definition) is 3. The Balaban J connectivity index is 1.37. The van der Waals surface area contributed by atoms with Gasteiger partial charge in [0.05, 0.1) is 16.6 Å². The van der Waals surface area contributed by atoms with Crippen LogP contribution in [0.3, 0.4) is 0 Å². The number of nitrogens with one attached hydrogen (secondary N) is 2. The molecule has 2 aliphatic carbocycles. The number of aromatic nitrogens is 1. The van der Waals surface area contributed by atoms with E-state index in [2.05, 4.69) is 10.4 Å². The van der Waals surface area contributed by atoms with Crippen molar-refractivity contribution in [2.75, 3.05) is 38.8 Å². The van der Waals surface area contributed by atoms with Gasteiger partial charge in [-0.1, -0.05) is 44.4 Å². The van der Waals surface area contributed by atoms with Crippen LogP contribution in [-0.4, -0.2) is 77.4 Å². The van der Waals surface area contributed by atoms with Crippen LogP contribution in [0.5, 0.6) is 0 Å². The molecule has 2 amide bonds. The van der Waals surface area contributed by atoms with Crippen LogP contribution in [0.4, 0.5) is 14.5 Å². The Bertz CT molecular complexity index is 1630. The predicted octanol–water partition coefficient (Wildman–Crippen LogP) is 5.07. The lowest BCUT2D eigenvalue weighted by Gasteiger charge is -2.44. The molecule has 3 heterocycles. The molecular weight excluding hydrogens is 653 g/mol. The number of fused-ring (bicyclic) bond motifs is 1. The third kappa shape index (κ3) is 7.09. The van der Waals surface area contributed by atoms with Crippen LogP contribution in [-0.2, 0) is 23.1 Å². The molecular formula is C35H49F2N6O3PS. The summed E-state index contributed by atoms with van der Waals surface area (Å²) in [5.74, 6) is 0.0514. The SMILES string of the molecule is CCc1c(C2C(C)=CC(F)=C(NC(=O)C3=CC4CCCCC4S3)C2F)cc(NP/C=C\C(C)(CN)C2C(=O)N(C)CCN2C)c(=O)n1C. The first-order valence-corrected chi connectivity index (χ1v) is 18.8. The molecule has 13 heteroatoms. The summed E-state index contributed by atoms with van der Waals surface area (Å²) in [6.07, 6.45) is 8.09. The smallest absolute Gasteiger partial charge is 0.274 e. The fraction of sp³-hybridized carbons (Fsp3) is 0.571. The van der Waals surface area contributed by atoms with E-state index in [1.54, 1.807) is 32.0 Å². The van der Waals surface area contributed by atoms with Crippen LogP contribution in [0.2, 0.25) is 0 Å². The summed E-state index contributed by atoms with van der Waals surface area (Å²) in [6.45, 7) is 7.17. The number of carbonyl (C=O) groups is 2. The average Bonchev–Trinajstić information content (AvgIpc) is 3.50. The van der Waals surface area contributed by atoms with Gasteiger partial charge < -0.3 is 25.6 Å². The molecule has 0 radical (unpaired) electrons. The number of allylic oxidation sites excluding steroid dienone is 5. The van der Waals surface area contributed by atoms with Gasteiger partial charge in [0.1, 0.15) is 11.5 Å². The van der Waals surface area contributed by atoms with Crippen LogP contribution in [0, 0.1) is 11.3 Å². The third-order valence-electron chi connectivity index (χ3n) is 10.4. The summed E-state index contributed by atoms with van der Waals surface area (Å²) < 4.78 is 33.4. The van der Waals surface area contributed by atoms with Crippen molar-refractivity contribution in [1.82, 2.24) is 19.7 Å². The van der Waals surface area contributed by atoms with Gasteiger partial charge >= 0.3 is 0 Å². The fourth-order valence-corrected chi connectivity index (χ4v) is 9.84. The Morgan fingerprint density at radius 2 is 1.94 bits per heavy atom. The van der Waals surface area contributed by atoms with Gasteiger partial charge in [0.2, 0.25) is 5.91 Å². The zero-order chi connectivity index (χ0) is 34.9. The first-order chi connectivity index (χ1) is 22.8. The van der Waals surface area contributed by atoms with E-state index in [4.69, 9.17) is 5.73 Å². The minimum absolute atomic E-state index is 0.0146. The van der Waals surface area contributed by atoms with E-state index in [0.717, 1.165) is 32.2 Å². The topological polar surface area (TPSA) is 113 Å². The molecule has 2 aliphatic heterocycles. The van der Waals surface area contributed by atoms with E-state index in [1.807, 2.05) is 43.8 Å². The quantitative estimate of drug-likeness (QED) is 0.292. The van der Waals surface area contributed by atoms with Crippen molar-refractivity contribution in [3.63, 3.8) is 0 Å². The van der Waals surface area contributed by atoms with E-state index >= 15 is 8.78 Å². The van der Waals surface area contributed by atoms with E-state index in [0.29, 0.717) is 45.9 Å². The number of nitrogens with two attached hydrogens (primary N) is 1. The molecule has 9 nitrogen and oxygen atoms in total. The maximum atomic E-state index is 16.5. The Labute approximate surface area is 288 Å². The summed E-state index contributed by atoms with van der Waals surface area (Å²) in [5, 5.41) is 6.15. The lowest BCUT2D eigenvalue weighted by molar-refractivity contribution is -0.143. The third-order valence-corrected chi connectivity index (χ3v) is 12.7. The number of hydrogen-bond acceptors (Lipinski definition) is 7. The fourth-order valence-electron chi connectivity index (χ4n) is 7.55. The minimum Gasteiger partial charge on any atom is -0.359 e. The van der Waals surface area contributed by atoms with Crippen molar-refractivity contribution < 1.29 is 18.4 Å². The van der Waals surface area contributed by atoms with Crippen LogP contribution in [0.15, 0.2) is 56.9 Å². The zero-order valence-corrected chi connectivity index (χ0v) is 30.6. The second-order valence-corrected chi connectivity index (χ2v) is 15.9. The summed E-state index contributed by atoms with van der Waals surface area (Å²) in [6, 6.07) is 1.25. The van der Waals surface area contributed by atoms with Crippen molar-refractivity contribution in [3.8, 4) is 0 Å². The van der Waals surface area contributed by atoms with Crippen LogP contribution in [0.1, 0.15) is 63.6 Å². The van der Waals surface area contributed by atoms with Gasteiger partial charge in [-0.3, -0.25) is 19.3 Å². The lowest BCUT2D eigenvalue weighted by atomic mass is 9.80. The summed E-state index contributed by atoms with van der Waals surface area (Å²) in [4.78, 5) is 44.0. The maximum absolute atomic E-state index is 16.5.